The second-order valence-corrected chi connectivity index (χ2v) is 3.21. The predicted molar refractivity (Wildman–Crippen MR) is 48.3 cm³/mol. The van der Waals surface area contributed by atoms with E-state index in [1.807, 2.05) is 0 Å². The van der Waals surface area contributed by atoms with Crippen LogP contribution in [0.25, 0.3) is 0 Å². The molecule has 1 aromatic rings. The molecule has 1 aromatic heterocycles. The lowest BCUT2D eigenvalue weighted by molar-refractivity contribution is 0.0685. The van der Waals surface area contributed by atoms with Gasteiger partial charge in [0.1, 0.15) is 16.0 Å². The lowest BCUT2D eigenvalue weighted by Crippen LogP contribution is -2.09. The highest BCUT2D eigenvalue weighted by molar-refractivity contribution is 9.10. The molecule has 0 unspecified atom stereocenters. The largest absolute Gasteiger partial charge is 0.478 e. The first-order valence-corrected chi connectivity index (χ1v) is 4.20. The number of aromatic nitrogens is 1. The second-order valence-electron chi connectivity index (χ2n) is 2.40. The van der Waals surface area contributed by atoms with Crippen LogP contribution in [0.15, 0.2) is 10.7 Å². The minimum atomic E-state index is -2.90. The van der Waals surface area contributed by atoms with Crippen molar-refractivity contribution in [1.29, 1.82) is 0 Å². The quantitative estimate of drug-likeness (QED) is 0.804. The number of halogens is 3. The van der Waals surface area contributed by atoms with Gasteiger partial charge in [-0.15, -0.1) is 0 Å². The van der Waals surface area contributed by atoms with E-state index in [0.717, 1.165) is 6.07 Å². The van der Waals surface area contributed by atoms with E-state index in [4.69, 9.17) is 10.8 Å². The number of pyridine rings is 1. The van der Waals surface area contributed by atoms with E-state index in [2.05, 4.69) is 20.9 Å². The second kappa shape index (κ2) is 3.87. The SMILES string of the molecule is Nc1nc(Br)cc(C(F)F)c1C(=O)O. The fraction of sp³-hybridized carbons (Fsp3) is 0.143. The van der Waals surface area contributed by atoms with Crippen LogP contribution in [0.3, 0.4) is 0 Å². The molecule has 0 spiro atoms. The first kappa shape index (κ1) is 10.8. The third-order valence-corrected chi connectivity index (χ3v) is 1.90. The smallest absolute Gasteiger partial charge is 0.339 e. The van der Waals surface area contributed by atoms with Crippen molar-refractivity contribution in [3.8, 4) is 0 Å². The minimum absolute atomic E-state index is 0.0790. The molecule has 7 heteroatoms. The lowest BCUT2D eigenvalue weighted by atomic mass is 10.1. The van der Waals surface area contributed by atoms with Crippen LogP contribution in [-0.2, 0) is 0 Å². The van der Waals surface area contributed by atoms with Gasteiger partial charge in [0.15, 0.2) is 0 Å². The Bertz CT molecular complexity index is 384. The highest BCUT2D eigenvalue weighted by atomic mass is 79.9. The van der Waals surface area contributed by atoms with E-state index in [1.165, 1.54) is 0 Å². The van der Waals surface area contributed by atoms with Gasteiger partial charge in [0.25, 0.3) is 6.43 Å². The van der Waals surface area contributed by atoms with Crippen LogP contribution >= 0.6 is 15.9 Å². The van der Waals surface area contributed by atoms with Crippen LogP contribution < -0.4 is 5.73 Å². The predicted octanol–water partition coefficient (Wildman–Crippen LogP) is 2.06. The number of alkyl halides is 2. The fourth-order valence-corrected chi connectivity index (χ4v) is 1.39. The summed E-state index contributed by atoms with van der Waals surface area (Å²) in [6, 6.07) is 0.935. The molecule has 1 heterocycles. The van der Waals surface area contributed by atoms with Gasteiger partial charge in [0, 0.05) is 5.56 Å². The normalized spacial score (nSPS) is 10.6. The van der Waals surface area contributed by atoms with E-state index >= 15 is 0 Å². The maximum atomic E-state index is 12.4. The summed E-state index contributed by atoms with van der Waals surface area (Å²) in [7, 11) is 0. The molecular formula is C7H5BrF2N2O2. The Morgan fingerprint density at radius 3 is 2.64 bits per heavy atom. The molecular weight excluding hydrogens is 262 g/mol. The molecule has 76 valence electrons. The highest BCUT2D eigenvalue weighted by Crippen LogP contribution is 2.28. The number of anilines is 1. The Morgan fingerprint density at radius 2 is 2.21 bits per heavy atom. The van der Waals surface area contributed by atoms with Crippen LogP contribution in [-0.4, -0.2) is 16.1 Å². The summed E-state index contributed by atoms with van der Waals surface area (Å²) in [5.74, 6) is -1.94. The first-order chi connectivity index (χ1) is 6.43. The molecule has 0 aliphatic heterocycles. The Labute approximate surface area is 85.9 Å². The molecule has 0 saturated carbocycles. The summed E-state index contributed by atoms with van der Waals surface area (Å²) < 4.78 is 24.8. The van der Waals surface area contributed by atoms with Crippen molar-refractivity contribution in [2.75, 3.05) is 5.73 Å². The summed E-state index contributed by atoms with van der Waals surface area (Å²) in [5, 5.41) is 8.62. The number of nitrogens with zero attached hydrogens (tertiary/aromatic N) is 1. The van der Waals surface area contributed by atoms with Gasteiger partial charge < -0.3 is 10.8 Å². The zero-order valence-corrected chi connectivity index (χ0v) is 8.25. The first-order valence-electron chi connectivity index (χ1n) is 3.41. The number of aromatic carboxylic acids is 1. The summed E-state index contributed by atoms with van der Waals surface area (Å²) in [6.45, 7) is 0. The third-order valence-electron chi connectivity index (χ3n) is 1.50. The van der Waals surface area contributed by atoms with Crippen LogP contribution in [0.2, 0.25) is 0 Å². The lowest BCUT2D eigenvalue weighted by Gasteiger charge is -2.07. The summed E-state index contributed by atoms with van der Waals surface area (Å²) in [6.07, 6.45) is -2.90. The van der Waals surface area contributed by atoms with E-state index in [0.29, 0.717) is 0 Å². The van der Waals surface area contributed by atoms with E-state index in [-0.39, 0.29) is 4.60 Å². The number of nitrogen functional groups attached to an aromatic ring is 1. The van der Waals surface area contributed by atoms with Crippen molar-refractivity contribution in [1.82, 2.24) is 4.98 Å². The zero-order valence-electron chi connectivity index (χ0n) is 6.67. The van der Waals surface area contributed by atoms with Gasteiger partial charge in [-0.05, 0) is 22.0 Å². The Hall–Kier alpha value is -1.24. The number of rotatable bonds is 2. The van der Waals surface area contributed by atoms with Gasteiger partial charge in [-0.2, -0.15) is 0 Å². The monoisotopic (exact) mass is 266 g/mol. The van der Waals surface area contributed by atoms with E-state index < -0.39 is 29.3 Å². The van der Waals surface area contributed by atoms with Gasteiger partial charge in [0.2, 0.25) is 0 Å². The summed E-state index contributed by atoms with van der Waals surface area (Å²) >= 11 is 2.85. The topological polar surface area (TPSA) is 76.2 Å². The molecule has 0 amide bonds. The van der Waals surface area contributed by atoms with Crippen molar-refractivity contribution in [3.63, 3.8) is 0 Å². The van der Waals surface area contributed by atoms with E-state index in [9.17, 15) is 13.6 Å². The fourth-order valence-electron chi connectivity index (χ4n) is 0.957. The number of nitrogens with two attached hydrogens (primary N) is 1. The van der Waals surface area contributed by atoms with Gasteiger partial charge in [0.05, 0.1) is 0 Å². The minimum Gasteiger partial charge on any atom is -0.478 e. The van der Waals surface area contributed by atoms with Crippen LogP contribution in [0.1, 0.15) is 22.3 Å². The standard InChI is InChI=1S/C7H5BrF2N2O2/c8-3-1-2(5(9)10)4(7(13)14)6(11)12-3/h1,5H,(H2,11,12)(H,13,14). The van der Waals surface area contributed by atoms with E-state index in [1.54, 1.807) is 0 Å². The van der Waals surface area contributed by atoms with Crippen molar-refractivity contribution in [2.45, 2.75) is 6.43 Å². The molecule has 3 N–H and O–H groups in total. The maximum absolute atomic E-state index is 12.4. The van der Waals surface area contributed by atoms with Gasteiger partial charge in [-0.1, -0.05) is 0 Å². The molecule has 0 aliphatic carbocycles. The van der Waals surface area contributed by atoms with Crippen LogP contribution in [0.5, 0.6) is 0 Å². The third kappa shape index (κ3) is 1.98. The average molecular weight is 267 g/mol. The number of carbonyl (C=O) groups is 1. The Kier molecular flexibility index (Phi) is 3.00. The van der Waals surface area contributed by atoms with Gasteiger partial charge >= 0.3 is 5.97 Å². The molecule has 0 fully saturated rings. The molecule has 0 bridgehead atoms. The highest BCUT2D eigenvalue weighted by Gasteiger charge is 2.22. The van der Waals surface area contributed by atoms with Crippen molar-refractivity contribution in [2.24, 2.45) is 0 Å². The van der Waals surface area contributed by atoms with Crippen LogP contribution in [0.4, 0.5) is 14.6 Å². The van der Waals surface area contributed by atoms with Crippen molar-refractivity contribution >= 4 is 27.7 Å². The summed E-state index contributed by atoms with van der Waals surface area (Å²) in [5.41, 5.74) is 3.91. The molecule has 4 nitrogen and oxygen atoms in total. The van der Waals surface area contributed by atoms with Crippen molar-refractivity contribution < 1.29 is 18.7 Å². The van der Waals surface area contributed by atoms with Crippen molar-refractivity contribution in [3.05, 3.63) is 21.8 Å². The number of carboxylic acids is 1. The van der Waals surface area contributed by atoms with Gasteiger partial charge in [-0.25, -0.2) is 18.6 Å². The maximum Gasteiger partial charge on any atom is 0.339 e. The number of hydrogen-bond donors (Lipinski definition) is 2. The molecule has 1 rings (SSSR count). The molecule has 0 aliphatic rings. The Morgan fingerprint density at radius 1 is 1.64 bits per heavy atom. The molecule has 0 aromatic carbocycles. The molecule has 0 saturated heterocycles. The molecule has 14 heavy (non-hydrogen) atoms. The molecule has 0 radical (unpaired) electrons. The van der Waals surface area contributed by atoms with Crippen LogP contribution in [0, 0.1) is 0 Å². The Balaban J connectivity index is 3.44. The van der Waals surface area contributed by atoms with Gasteiger partial charge in [-0.3, -0.25) is 0 Å². The zero-order chi connectivity index (χ0) is 10.9. The average Bonchev–Trinajstić information content (AvgIpc) is 2.01. The summed E-state index contributed by atoms with van der Waals surface area (Å²) in [4.78, 5) is 14.1. The number of hydrogen-bond acceptors (Lipinski definition) is 3. The number of carboxylic acid groups (broad SMARTS) is 1. The molecule has 0 atom stereocenters.